The standard InChI is InChI=1S/C17H15BrFN3O2S/c1-11-21-17(22-24-11)13-5-3-4-12(8-13)10-20-25(2,23)16-9-14(19)6-7-15(16)18/h3-9H,10H2,1-2H3. The first-order valence-corrected chi connectivity index (χ1v) is 10.1. The number of halogens is 2. The molecule has 0 saturated heterocycles. The molecular formula is C17H15BrFN3O2S. The van der Waals surface area contributed by atoms with E-state index in [4.69, 9.17) is 4.52 Å². The summed E-state index contributed by atoms with van der Waals surface area (Å²) < 4.78 is 36.2. The van der Waals surface area contributed by atoms with E-state index in [9.17, 15) is 8.60 Å². The summed E-state index contributed by atoms with van der Waals surface area (Å²) in [6.45, 7) is 1.95. The predicted octanol–water partition coefficient (Wildman–Crippen LogP) is 4.60. The van der Waals surface area contributed by atoms with Gasteiger partial charge in [0.25, 0.3) is 0 Å². The molecule has 1 atom stereocenters. The molecule has 2 aromatic carbocycles. The van der Waals surface area contributed by atoms with Crippen LogP contribution < -0.4 is 0 Å². The minimum Gasteiger partial charge on any atom is -0.339 e. The zero-order chi connectivity index (χ0) is 18.0. The number of rotatable bonds is 4. The Morgan fingerprint density at radius 2 is 2.08 bits per heavy atom. The number of benzene rings is 2. The Morgan fingerprint density at radius 3 is 2.80 bits per heavy atom. The average molecular weight is 424 g/mol. The van der Waals surface area contributed by atoms with E-state index in [1.54, 1.807) is 6.92 Å². The lowest BCUT2D eigenvalue weighted by molar-refractivity contribution is 0.394. The third-order valence-corrected chi connectivity index (χ3v) is 6.24. The van der Waals surface area contributed by atoms with Gasteiger partial charge in [0.2, 0.25) is 11.7 Å². The van der Waals surface area contributed by atoms with Gasteiger partial charge in [0, 0.05) is 23.2 Å². The molecule has 0 N–H and O–H groups in total. The number of hydrogen-bond donors (Lipinski definition) is 0. The van der Waals surface area contributed by atoms with Crippen LogP contribution in [0.1, 0.15) is 11.5 Å². The molecule has 3 aromatic rings. The Bertz CT molecular complexity index is 1040. The van der Waals surface area contributed by atoms with Gasteiger partial charge in [-0.3, -0.25) is 0 Å². The first kappa shape index (κ1) is 17.8. The van der Waals surface area contributed by atoms with Crippen molar-refractivity contribution in [2.45, 2.75) is 18.4 Å². The molecule has 0 saturated carbocycles. The second-order valence-electron chi connectivity index (χ2n) is 5.50. The predicted molar refractivity (Wildman–Crippen MR) is 97.0 cm³/mol. The first-order valence-electron chi connectivity index (χ1n) is 7.38. The fraction of sp³-hybridized carbons (Fsp3) is 0.176. The molecule has 25 heavy (non-hydrogen) atoms. The minimum absolute atomic E-state index is 0.225. The lowest BCUT2D eigenvalue weighted by Crippen LogP contribution is -2.01. The smallest absolute Gasteiger partial charge is 0.223 e. The minimum atomic E-state index is -2.75. The van der Waals surface area contributed by atoms with Crippen molar-refractivity contribution in [2.24, 2.45) is 4.36 Å². The molecule has 0 aliphatic rings. The van der Waals surface area contributed by atoms with Crippen LogP contribution in [0.15, 0.2) is 60.7 Å². The highest BCUT2D eigenvalue weighted by molar-refractivity contribution is 9.10. The highest BCUT2D eigenvalue weighted by Gasteiger charge is 2.12. The number of aromatic nitrogens is 2. The SMILES string of the molecule is Cc1nc(-c2cccc(CN=S(C)(=O)c3cc(F)ccc3Br)c2)no1. The molecule has 0 aliphatic heterocycles. The molecule has 1 heterocycles. The van der Waals surface area contributed by atoms with Gasteiger partial charge in [-0.25, -0.2) is 13.0 Å². The van der Waals surface area contributed by atoms with Crippen LogP contribution in [0.25, 0.3) is 11.4 Å². The van der Waals surface area contributed by atoms with Crippen LogP contribution in [0.4, 0.5) is 4.39 Å². The lowest BCUT2D eigenvalue weighted by atomic mass is 10.1. The maximum atomic E-state index is 13.5. The van der Waals surface area contributed by atoms with Crippen LogP contribution in [0, 0.1) is 12.7 Å². The summed E-state index contributed by atoms with van der Waals surface area (Å²) in [7, 11) is -2.75. The van der Waals surface area contributed by atoms with Gasteiger partial charge in [0.05, 0.1) is 21.2 Å². The van der Waals surface area contributed by atoms with E-state index in [2.05, 4.69) is 30.4 Å². The monoisotopic (exact) mass is 423 g/mol. The Hall–Kier alpha value is -2.06. The normalized spacial score (nSPS) is 13.4. The van der Waals surface area contributed by atoms with E-state index in [0.717, 1.165) is 11.1 Å². The van der Waals surface area contributed by atoms with Gasteiger partial charge in [-0.2, -0.15) is 4.98 Å². The maximum absolute atomic E-state index is 13.5. The third-order valence-electron chi connectivity index (χ3n) is 3.51. The van der Waals surface area contributed by atoms with E-state index in [-0.39, 0.29) is 6.54 Å². The van der Waals surface area contributed by atoms with Gasteiger partial charge in [0.15, 0.2) is 0 Å². The molecule has 0 radical (unpaired) electrons. The van der Waals surface area contributed by atoms with Crippen LogP contribution >= 0.6 is 15.9 Å². The van der Waals surface area contributed by atoms with Gasteiger partial charge in [-0.05, 0) is 45.8 Å². The van der Waals surface area contributed by atoms with Crippen molar-refractivity contribution in [1.29, 1.82) is 0 Å². The number of hydrogen-bond acceptors (Lipinski definition) is 5. The summed E-state index contributed by atoms with van der Waals surface area (Å²) in [5.74, 6) is 0.527. The first-order chi connectivity index (χ1) is 11.8. The van der Waals surface area contributed by atoms with Crippen molar-refractivity contribution in [3.8, 4) is 11.4 Å². The van der Waals surface area contributed by atoms with Gasteiger partial charge in [-0.15, -0.1) is 0 Å². The molecule has 8 heteroatoms. The Morgan fingerprint density at radius 1 is 1.28 bits per heavy atom. The largest absolute Gasteiger partial charge is 0.339 e. The zero-order valence-corrected chi connectivity index (χ0v) is 16.0. The van der Waals surface area contributed by atoms with Crippen molar-refractivity contribution in [1.82, 2.24) is 10.1 Å². The quantitative estimate of drug-likeness (QED) is 0.614. The molecule has 1 aromatic heterocycles. The molecule has 5 nitrogen and oxygen atoms in total. The van der Waals surface area contributed by atoms with Crippen molar-refractivity contribution < 1.29 is 13.1 Å². The summed E-state index contributed by atoms with van der Waals surface area (Å²) in [6, 6.07) is 11.5. The van der Waals surface area contributed by atoms with Crippen molar-refractivity contribution in [2.75, 3.05) is 6.26 Å². The van der Waals surface area contributed by atoms with Crippen LogP contribution in [-0.4, -0.2) is 20.6 Å². The van der Waals surface area contributed by atoms with Crippen molar-refractivity contribution in [3.05, 3.63) is 64.2 Å². The van der Waals surface area contributed by atoms with E-state index in [1.807, 2.05) is 24.3 Å². The maximum Gasteiger partial charge on any atom is 0.223 e. The zero-order valence-electron chi connectivity index (χ0n) is 13.6. The second-order valence-corrected chi connectivity index (χ2v) is 8.66. The summed E-state index contributed by atoms with van der Waals surface area (Å²) in [5, 5.41) is 3.88. The Balaban J connectivity index is 1.91. The molecule has 0 spiro atoms. The molecule has 130 valence electrons. The van der Waals surface area contributed by atoms with E-state index in [0.29, 0.717) is 21.1 Å². The topological polar surface area (TPSA) is 68.3 Å². The van der Waals surface area contributed by atoms with E-state index < -0.39 is 15.5 Å². The summed E-state index contributed by atoms with van der Waals surface area (Å²) in [5.41, 5.74) is 1.64. The summed E-state index contributed by atoms with van der Waals surface area (Å²) >= 11 is 3.30. The van der Waals surface area contributed by atoms with Crippen LogP contribution in [0.2, 0.25) is 0 Å². The number of aryl methyl sites for hydroxylation is 1. The van der Waals surface area contributed by atoms with Gasteiger partial charge < -0.3 is 4.52 Å². The summed E-state index contributed by atoms with van der Waals surface area (Å²) in [4.78, 5) is 4.53. The Labute approximate surface area is 153 Å². The second kappa shape index (κ2) is 7.05. The van der Waals surface area contributed by atoms with E-state index in [1.165, 1.54) is 24.5 Å². The van der Waals surface area contributed by atoms with Gasteiger partial charge >= 0.3 is 0 Å². The molecule has 0 aliphatic carbocycles. The fourth-order valence-electron chi connectivity index (χ4n) is 2.26. The van der Waals surface area contributed by atoms with Gasteiger partial charge in [0.1, 0.15) is 5.82 Å². The molecule has 0 bridgehead atoms. The van der Waals surface area contributed by atoms with Crippen molar-refractivity contribution in [3.63, 3.8) is 0 Å². The molecule has 1 unspecified atom stereocenters. The lowest BCUT2D eigenvalue weighted by Gasteiger charge is -2.08. The van der Waals surface area contributed by atoms with Gasteiger partial charge in [-0.1, -0.05) is 23.4 Å². The van der Waals surface area contributed by atoms with Crippen LogP contribution in [-0.2, 0) is 16.3 Å². The Kier molecular flexibility index (Phi) is 5.01. The van der Waals surface area contributed by atoms with E-state index >= 15 is 0 Å². The highest BCUT2D eigenvalue weighted by atomic mass is 79.9. The van der Waals surface area contributed by atoms with Crippen molar-refractivity contribution >= 4 is 25.7 Å². The van der Waals surface area contributed by atoms with Crippen LogP contribution in [0.5, 0.6) is 0 Å². The molecule has 0 fully saturated rings. The average Bonchev–Trinajstić information content (AvgIpc) is 3.02. The van der Waals surface area contributed by atoms with Crippen LogP contribution in [0.3, 0.4) is 0 Å². The summed E-state index contributed by atoms with van der Waals surface area (Å²) in [6.07, 6.45) is 1.50. The molecule has 3 rings (SSSR count). The molecule has 0 amide bonds. The third kappa shape index (κ3) is 4.13. The number of nitrogens with zero attached hydrogens (tertiary/aromatic N) is 3. The highest BCUT2D eigenvalue weighted by Crippen LogP contribution is 2.25. The fourth-order valence-corrected chi connectivity index (χ4v) is 4.70. The molecular weight excluding hydrogens is 409 g/mol.